The molecule has 0 saturated heterocycles. The maximum absolute atomic E-state index is 12.3. The van der Waals surface area contributed by atoms with Crippen molar-refractivity contribution in [3.8, 4) is 0 Å². The molecule has 0 aliphatic carbocycles. The van der Waals surface area contributed by atoms with Gasteiger partial charge in [0.2, 0.25) is 5.95 Å². The Balaban J connectivity index is 1.66. The summed E-state index contributed by atoms with van der Waals surface area (Å²) in [5.74, 6) is -0.542. The maximum Gasteiger partial charge on any atom is 0.339 e. The Hall–Kier alpha value is -3.45. The van der Waals surface area contributed by atoms with Gasteiger partial charge < -0.3 is 15.4 Å². The van der Waals surface area contributed by atoms with Crippen LogP contribution in [-0.4, -0.2) is 29.0 Å². The van der Waals surface area contributed by atoms with Crippen molar-refractivity contribution in [2.24, 2.45) is 0 Å². The number of carbonyl (C=O) groups is 2. The van der Waals surface area contributed by atoms with Crippen LogP contribution in [0.2, 0.25) is 5.02 Å². The molecule has 0 unspecified atom stereocenters. The van der Waals surface area contributed by atoms with Gasteiger partial charge >= 0.3 is 5.97 Å². The third-order valence-corrected chi connectivity index (χ3v) is 4.26. The molecule has 0 saturated carbocycles. The van der Waals surface area contributed by atoms with Crippen molar-refractivity contribution in [2.75, 3.05) is 12.4 Å². The number of esters is 1. The topological polar surface area (TPSA) is 93.2 Å². The summed E-state index contributed by atoms with van der Waals surface area (Å²) >= 11 is 6.08. The summed E-state index contributed by atoms with van der Waals surface area (Å²) < 4.78 is 4.75. The molecule has 0 spiro atoms. The maximum atomic E-state index is 12.3. The fourth-order valence-corrected chi connectivity index (χ4v) is 2.63. The Labute approximate surface area is 166 Å². The van der Waals surface area contributed by atoms with Crippen LogP contribution in [0.1, 0.15) is 26.3 Å². The number of hydrogen-bond acceptors (Lipinski definition) is 6. The summed E-state index contributed by atoms with van der Waals surface area (Å²) in [5, 5.41) is 6.30. The van der Waals surface area contributed by atoms with Gasteiger partial charge in [0.05, 0.1) is 23.9 Å². The largest absolute Gasteiger partial charge is 0.465 e. The molecule has 1 aromatic heterocycles. The van der Waals surface area contributed by atoms with Gasteiger partial charge in [0.25, 0.3) is 5.91 Å². The summed E-state index contributed by atoms with van der Waals surface area (Å²) in [6.45, 7) is 0.297. The Morgan fingerprint density at radius 1 is 1.04 bits per heavy atom. The zero-order chi connectivity index (χ0) is 19.9. The van der Waals surface area contributed by atoms with E-state index in [4.69, 9.17) is 16.3 Å². The summed E-state index contributed by atoms with van der Waals surface area (Å²) in [5.41, 5.74) is 1.98. The number of carbonyl (C=O) groups excluding carboxylic acids is 2. The number of methoxy groups -OCH3 is 1. The van der Waals surface area contributed by atoms with E-state index in [0.717, 1.165) is 5.56 Å². The first kappa shape index (κ1) is 19.3. The van der Waals surface area contributed by atoms with Gasteiger partial charge in [0, 0.05) is 24.0 Å². The van der Waals surface area contributed by atoms with Crippen molar-refractivity contribution in [2.45, 2.75) is 6.54 Å². The minimum absolute atomic E-state index is 0.249. The number of para-hydroxylation sites is 1. The Kier molecular flexibility index (Phi) is 6.18. The summed E-state index contributed by atoms with van der Waals surface area (Å²) in [7, 11) is 1.31. The predicted molar refractivity (Wildman–Crippen MR) is 106 cm³/mol. The zero-order valence-electron chi connectivity index (χ0n) is 15.0. The Bertz CT molecular complexity index is 993. The molecule has 0 fully saturated rings. The first-order valence-corrected chi connectivity index (χ1v) is 8.74. The van der Waals surface area contributed by atoms with E-state index in [1.807, 2.05) is 18.2 Å². The number of nitrogens with one attached hydrogen (secondary N) is 2. The lowest BCUT2D eigenvalue weighted by atomic mass is 10.2. The first-order valence-electron chi connectivity index (χ1n) is 8.36. The molecule has 0 atom stereocenters. The van der Waals surface area contributed by atoms with Gasteiger partial charge in [-0.05, 0) is 23.8 Å². The van der Waals surface area contributed by atoms with Crippen molar-refractivity contribution < 1.29 is 14.3 Å². The van der Waals surface area contributed by atoms with E-state index in [1.54, 1.807) is 30.3 Å². The molecule has 3 aromatic rings. The molecule has 142 valence electrons. The van der Waals surface area contributed by atoms with Crippen LogP contribution in [0.5, 0.6) is 0 Å². The minimum atomic E-state index is -0.473. The molecule has 2 aromatic carbocycles. The second-order valence-electron chi connectivity index (χ2n) is 5.73. The number of ether oxygens (including phenoxy) is 1. The molecule has 7 nitrogen and oxygen atoms in total. The van der Waals surface area contributed by atoms with E-state index in [2.05, 4.69) is 20.6 Å². The fourth-order valence-electron chi connectivity index (χ4n) is 2.43. The molecule has 0 aliphatic rings. The van der Waals surface area contributed by atoms with Gasteiger partial charge in [-0.2, -0.15) is 0 Å². The second-order valence-corrected chi connectivity index (χ2v) is 6.14. The number of rotatable bonds is 6. The summed E-state index contributed by atoms with van der Waals surface area (Å²) in [4.78, 5) is 32.3. The molecule has 0 bridgehead atoms. The average molecular weight is 397 g/mol. The third kappa shape index (κ3) is 4.63. The predicted octanol–water partition coefficient (Wildman–Crippen LogP) is 3.59. The highest BCUT2D eigenvalue weighted by molar-refractivity contribution is 6.31. The molecule has 2 N–H and O–H groups in total. The van der Waals surface area contributed by atoms with Gasteiger partial charge in [-0.1, -0.05) is 41.9 Å². The van der Waals surface area contributed by atoms with Crippen molar-refractivity contribution in [3.63, 3.8) is 0 Å². The van der Waals surface area contributed by atoms with Crippen LogP contribution >= 0.6 is 11.6 Å². The van der Waals surface area contributed by atoms with E-state index in [-0.39, 0.29) is 11.9 Å². The summed E-state index contributed by atoms with van der Waals surface area (Å²) in [6, 6.07) is 14.1. The number of hydrogen-bond donors (Lipinski definition) is 2. The standard InChI is InChI=1S/C20H17ClN4O3/c1-28-19(27)15-7-3-5-9-17(15)25-20-23-11-14(12-24-20)18(26)22-10-13-6-2-4-8-16(13)21/h2-9,11-12H,10H2,1H3,(H,22,26)(H,23,24,25). The molecule has 0 radical (unpaired) electrons. The molecule has 1 heterocycles. The molecule has 8 heteroatoms. The lowest BCUT2D eigenvalue weighted by Gasteiger charge is -2.10. The molecule has 0 aliphatic heterocycles. The number of amides is 1. The van der Waals surface area contributed by atoms with E-state index >= 15 is 0 Å². The van der Waals surface area contributed by atoms with Crippen LogP contribution < -0.4 is 10.6 Å². The normalized spacial score (nSPS) is 10.2. The van der Waals surface area contributed by atoms with Crippen LogP contribution in [0.3, 0.4) is 0 Å². The van der Waals surface area contributed by atoms with Crippen molar-refractivity contribution in [1.82, 2.24) is 15.3 Å². The number of nitrogens with zero attached hydrogens (tertiary/aromatic N) is 2. The highest BCUT2D eigenvalue weighted by Crippen LogP contribution is 2.19. The lowest BCUT2D eigenvalue weighted by molar-refractivity contribution is 0.0601. The van der Waals surface area contributed by atoms with Crippen molar-refractivity contribution in [1.29, 1.82) is 0 Å². The van der Waals surface area contributed by atoms with Gasteiger partial charge in [-0.25, -0.2) is 14.8 Å². The Morgan fingerprint density at radius 3 is 2.43 bits per heavy atom. The number of halogens is 1. The van der Waals surface area contributed by atoms with Crippen LogP contribution in [0, 0.1) is 0 Å². The van der Waals surface area contributed by atoms with E-state index in [1.165, 1.54) is 19.5 Å². The average Bonchev–Trinajstić information content (AvgIpc) is 2.73. The van der Waals surface area contributed by atoms with Crippen LogP contribution in [0.15, 0.2) is 60.9 Å². The number of aromatic nitrogens is 2. The van der Waals surface area contributed by atoms with Gasteiger partial charge in [0.15, 0.2) is 0 Å². The smallest absolute Gasteiger partial charge is 0.339 e. The quantitative estimate of drug-likeness (QED) is 0.618. The number of anilines is 2. The minimum Gasteiger partial charge on any atom is -0.465 e. The van der Waals surface area contributed by atoms with Gasteiger partial charge in [-0.15, -0.1) is 0 Å². The van der Waals surface area contributed by atoms with Crippen LogP contribution in [0.25, 0.3) is 0 Å². The fraction of sp³-hybridized carbons (Fsp3) is 0.100. The van der Waals surface area contributed by atoms with Crippen molar-refractivity contribution in [3.05, 3.63) is 82.6 Å². The van der Waals surface area contributed by atoms with Gasteiger partial charge in [-0.3, -0.25) is 4.79 Å². The third-order valence-electron chi connectivity index (χ3n) is 3.89. The lowest BCUT2D eigenvalue weighted by Crippen LogP contribution is -2.23. The van der Waals surface area contributed by atoms with E-state index < -0.39 is 5.97 Å². The molecule has 3 rings (SSSR count). The molecular weight excluding hydrogens is 380 g/mol. The van der Waals surface area contributed by atoms with Crippen molar-refractivity contribution >= 4 is 35.1 Å². The second kappa shape index (κ2) is 8.96. The first-order chi connectivity index (χ1) is 13.6. The van der Waals surface area contributed by atoms with Crippen LogP contribution in [-0.2, 0) is 11.3 Å². The number of benzene rings is 2. The van der Waals surface area contributed by atoms with Crippen LogP contribution in [0.4, 0.5) is 11.6 Å². The highest BCUT2D eigenvalue weighted by atomic mass is 35.5. The monoisotopic (exact) mass is 396 g/mol. The van der Waals surface area contributed by atoms with Gasteiger partial charge in [0.1, 0.15) is 0 Å². The SMILES string of the molecule is COC(=O)c1ccccc1Nc1ncc(C(=O)NCc2ccccc2Cl)cn1. The van der Waals surface area contributed by atoms with E-state index in [0.29, 0.717) is 28.4 Å². The van der Waals surface area contributed by atoms with E-state index in [9.17, 15) is 9.59 Å². The summed E-state index contributed by atoms with van der Waals surface area (Å²) in [6.07, 6.45) is 2.80. The molecular formula is C20H17ClN4O3. The molecule has 1 amide bonds. The highest BCUT2D eigenvalue weighted by Gasteiger charge is 2.13. The zero-order valence-corrected chi connectivity index (χ0v) is 15.7. The molecule has 28 heavy (non-hydrogen) atoms. The Morgan fingerprint density at radius 2 is 1.71 bits per heavy atom.